The van der Waals surface area contributed by atoms with E-state index >= 15 is 0 Å². The maximum atomic E-state index is 0. The van der Waals surface area contributed by atoms with E-state index in [0.29, 0.717) is 0 Å². The smallest absolute Gasteiger partial charge is 0.316 e. The van der Waals surface area contributed by atoms with E-state index in [1.54, 1.807) is 0 Å². The van der Waals surface area contributed by atoms with Crippen molar-refractivity contribution in [3.63, 3.8) is 0 Å². The molecule has 0 nitrogen and oxygen atoms in total. The zero-order valence-corrected chi connectivity index (χ0v) is 3.67. The van der Waals surface area contributed by atoms with Crippen LogP contribution in [-0.2, 0) is 0 Å². The van der Waals surface area contributed by atoms with Crippen molar-refractivity contribution in [2.75, 3.05) is 0 Å². The largest absolute Gasteiger partial charge is 0.316 e. The van der Waals surface area contributed by atoms with E-state index in [4.69, 9.17) is 0 Å². The van der Waals surface area contributed by atoms with Gasteiger partial charge in [0.05, 0.1) is 0 Å². The first-order valence-corrected chi connectivity index (χ1v) is 0. The number of rotatable bonds is 0. The molecule has 0 aliphatic carbocycles. The van der Waals surface area contributed by atoms with Crippen LogP contribution in [0.2, 0.25) is 0 Å². The minimum absolute atomic E-state index is 0. The molecule has 0 aromatic heterocycles. The predicted molar refractivity (Wildman–Crippen MR) is 46.0 cm³/mol. The van der Waals surface area contributed by atoms with Gasteiger partial charge in [-0.05, 0) is 0 Å². The Morgan fingerprint density at radius 3 is 0.667 bits per heavy atom. The summed E-state index contributed by atoms with van der Waals surface area (Å²) >= 11 is 0. The van der Waals surface area contributed by atoms with Crippen molar-refractivity contribution < 1.29 is 0 Å². The maximum absolute atomic E-state index is 0. The molecule has 0 fully saturated rings. The van der Waals surface area contributed by atoms with E-state index in [2.05, 4.69) is 0 Å². The van der Waals surface area contributed by atoms with Crippen LogP contribution in [-0.4, -0.2) is 112 Å². The van der Waals surface area contributed by atoms with Crippen molar-refractivity contribution in [2.45, 2.75) is 0 Å². The molecule has 0 amide bonds. The predicted octanol–water partition coefficient (Wildman–Crippen LogP) is -1.22. The fourth-order valence-corrected chi connectivity index (χ4v) is 0. The SMILES string of the molecule is Cl.Cl.Cl.[CaH2].[KH].[MgH2]. The van der Waals surface area contributed by atoms with Gasteiger partial charge in [-0.3, -0.25) is 0 Å². The van der Waals surface area contributed by atoms with Crippen LogP contribution in [0.15, 0.2) is 0 Å². The van der Waals surface area contributed by atoms with Crippen molar-refractivity contribution in [3.8, 4) is 0 Å². The molecule has 0 heterocycles. The zero-order chi connectivity index (χ0) is 0. The Labute approximate surface area is 145 Å². The maximum Gasteiger partial charge on any atom is 0.316 e. The second-order valence-corrected chi connectivity index (χ2v) is 0. The number of hydrogen-bond acceptors (Lipinski definition) is 0. The summed E-state index contributed by atoms with van der Waals surface area (Å²) < 4.78 is 0. The zero-order valence-electron chi connectivity index (χ0n) is 1.22. The fourth-order valence-electron chi connectivity index (χ4n) is 0. The first kappa shape index (κ1) is 46.6. The summed E-state index contributed by atoms with van der Waals surface area (Å²) in [5.74, 6) is 0. The molecule has 0 aromatic rings. The summed E-state index contributed by atoms with van der Waals surface area (Å²) in [5.41, 5.74) is 0. The molecule has 6 heteroatoms. The van der Waals surface area contributed by atoms with Crippen LogP contribution < -0.4 is 0 Å². The van der Waals surface area contributed by atoms with E-state index < -0.39 is 0 Å². The van der Waals surface area contributed by atoms with Crippen LogP contribution in [0.3, 0.4) is 0 Å². The average Bonchev–Trinajstić information content (AvgIpc) is 0. The quantitative estimate of drug-likeness (QED) is 0.447. The topological polar surface area (TPSA) is 0 Å². The minimum atomic E-state index is 0. The van der Waals surface area contributed by atoms with Crippen molar-refractivity contribution >= 4 is 149 Å². The summed E-state index contributed by atoms with van der Waals surface area (Å²) in [6.45, 7) is 0. The van der Waals surface area contributed by atoms with Crippen LogP contribution in [0, 0.1) is 0 Å². The molecule has 0 radical (unpaired) electrons. The average molecular weight is 218 g/mol. The molecule has 0 rings (SSSR count). The van der Waals surface area contributed by atoms with Gasteiger partial charge in [0.25, 0.3) is 0 Å². The second kappa shape index (κ2) is 33.8. The summed E-state index contributed by atoms with van der Waals surface area (Å²) in [6.07, 6.45) is 0. The third-order valence-corrected chi connectivity index (χ3v) is 0. The van der Waals surface area contributed by atoms with Gasteiger partial charge in [0.15, 0.2) is 0 Å². The Kier molecular flexibility index (Phi) is 262. The monoisotopic (exact) mass is 216 g/mol. The van der Waals surface area contributed by atoms with Crippen molar-refractivity contribution in [3.05, 3.63) is 0 Å². The van der Waals surface area contributed by atoms with E-state index in [9.17, 15) is 0 Å². The van der Waals surface area contributed by atoms with Gasteiger partial charge < -0.3 is 0 Å². The molecule has 0 atom stereocenters. The molecule has 0 aliphatic heterocycles. The molecule has 0 bridgehead atoms. The van der Waals surface area contributed by atoms with Gasteiger partial charge in [-0.25, -0.2) is 0 Å². The Morgan fingerprint density at radius 2 is 0.667 bits per heavy atom. The molecule has 0 aromatic carbocycles. The second-order valence-electron chi connectivity index (χ2n) is 0. The van der Waals surface area contributed by atoms with Crippen LogP contribution in [0.25, 0.3) is 0 Å². The molecule has 0 unspecified atom stereocenters. The van der Waals surface area contributed by atoms with Crippen LogP contribution >= 0.6 is 37.2 Å². The van der Waals surface area contributed by atoms with Crippen LogP contribution in [0.4, 0.5) is 0 Å². The normalized spacial score (nSPS) is 0. The van der Waals surface area contributed by atoms with Gasteiger partial charge >= 0.3 is 112 Å². The van der Waals surface area contributed by atoms with E-state index in [0.717, 1.165) is 0 Å². The number of hydrogen-bond donors (Lipinski definition) is 0. The summed E-state index contributed by atoms with van der Waals surface area (Å²) in [4.78, 5) is 0. The van der Waals surface area contributed by atoms with E-state index in [-0.39, 0.29) is 149 Å². The Hall–Kier alpha value is 4.53. The van der Waals surface area contributed by atoms with Gasteiger partial charge in [0, 0.05) is 0 Å². The summed E-state index contributed by atoms with van der Waals surface area (Å²) in [6, 6.07) is 0. The summed E-state index contributed by atoms with van der Waals surface area (Å²) in [7, 11) is 0. The Balaban J connectivity index is 0. The molecule has 0 spiro atoms. The third kappa shape index (κ3) is 23.6. The van der Waals surface area contributed by atoms with E-state index in [1.165, 1.54) is 0 Å². The van der Waals surface area contributed by atoms with Gasteiger partial charge in [0.1, 0.15) is 0 Å². The first-order chi connectivity index (χ1) is 0. The number of halogens is 3. The molecule has 0 N–H and O–H groups in total. The van der Waals surface area contributed by atoms with Gasteiger partial charge in [0.2, 0.25) is 0 Å². The Bertz CT molecular complexity index is 10.8. The van der Waals surface area contributed by atoms with Crippen molar-refractivity contribution in [1.29, 1.82) is 0 Å². The van der Waals surface area contributed by atoms with Crippen LogP contribution in [0.5, 0.6) is 0 Å². The standard InChI is InChI=1S/Ca.3ClH.K.Mg.5H/h;3*1H;;;;;;;. The fraction of sp³-hybridized carbons (Fsp3) is 0. The first-order valence-electron chi connectivity index (χ1n) is 0. The van der Waals surface area contributed by atoms with Gasteiger partial charge in [-0.1, -0.05) is 0 Å². The van der Waals surface area contributed by atoms with Crippen molar-refractivity contribution in [1.82, 2.24) is 0 Å². The molecular formula is H8CaCl3KMg. The minimum Gasteiger partial charge on any atom is 0.316 e. The van der Waals surface area contributed by atoms with Crippen LogP contribution in [0.1, 0.15) is 0 Å². The molecule has 34 valence electrons. The molecule has 0 saturated heterocycles. The third-order valence-electron chi connectivity index (χ3n) is 0. The molecular weight excluding hydrogens is 210 g/mol. The molecule has 0 saturated carbocycles. The summed E-state index contributed by atoms with van der Waals surface area (Å²) in [5, 5.41) is 0. The van der Waals surface area contributed by atoms with Gasteiger partial charge in [-0.15, -0.1) is 37.2 Å². The van der Waals surface area contributed by atoms with Crippen molar-refractivity contribution in [2.24, 2.45) is 0 Å². The van der Waals surface area contributed by atoms with Gasteiger partial charge in [-0.2, -0.15) is 0 Å². The molecule has 6 heavy (non-hydrogen) atoms. The Morgan fingerprint density at radius 1 is 0.667 bits per heavy atom. The van der Waals surface area contributed by atoms with E-state index in [1.807, 2.05) is 0 Å². The molecule has 0 aliphatic rings.